The van der Waals surface area contributed by atoms with Crippen molar-refractivity contribution >= 4 is 40.1 Å². The van der Waals surface area contributed by atoms with Crippen LogP contribution in [0, 0.1) is 5.92 Å². The average molecular weight is 319 g/mol. The van der Waals surface area contributed by atoms with E-state index in [9.17, 15) is 9.59 Å². The van der Waals surface area contributed by atoms with Crippen molar-refractivity contribution < 1.29 is 14.7 Å². The van der Waals surface area contributed by atoms with Gasteiger partial charge in [0.25, 0.3) is 5.91 Å². The molecule has 0 spiro atoms. The van der Waals surface area contributed by atoms with Gasteiger partial charge in [-0.25, -0.2) is 4.99 Å². The number of nitrogens with one attached hydrogen (secondary N) is 1. The first-order chi connectivity index (χ1) is 10.6. The quantitative estimate of drug-likeness (QED) is 0.864. The lowest BCUT2D eigenvalue weighted by Crippen LogP contribution is -2.27. The molecule has 0 aromatic heterocycles. The largest absolute Gasteiger partial charge is 0.396 e. The smallest absolute Gasteiger partial charge is 0.257 e. The average Bonchev–Trinajstić information content (AvgIpc) is 2.50. The minimum atomic E-state index is -0.451. The second-order valence-corrected chi connectivity index (χ2v) is 5.70. The van der Waals surface area contributed by atoms with E-state index < -0.39 is 5.92 Å². The fourth-order valence-electron chi connectivity index (χ4n) is 1.98. The van der Waals surface area contributed by atoms with Crippen molar-refractivity contribution in [2.45, 2.75) is 13.3 Å². The summed E-state index contributed by atoms with van der Waals surface area (Å²) in [5.74, 6) is -0.820. The zero-order valence-corrected chi connectivity index (χ0v) is 13.0. The van der Waals surface area contributed by atoms with Crippen LogP contribution in [0.15, 0.2) is 40.3 Å². The number of aliphatic hydroxyl groups is 1. The molecule has 1 heterocycles. The molecule has 1 aliphatic heterocycles. The number of amides is 2. The highest BCUT2D eigenvalue weighted by atomic mass is 32.2. The molecule has 1 aromatic rings. The monoisotopic (exact) mass is 319 g/mol. The van der Waals surface area contributed by atoms with Crippen molar-refractivity contribution in [2.75, 3.05) is 17.7 Å². The predicted molar refractivity (Wildman–Crippen MR) is 88.3 cm³/mol. The first kappa shape index (κ1) is 16.4. The summed E-state index contributed by atoms with van der Waals surface area (Å²) in [6.45, 7) is 1.65. The molecule has 22 heavy (non-hydrogen) atoms. The fraction of sp³-hybridized carbons (Fsp3) is 0.333. The Balaban J connectivity index is 1.88. The van der Waals surface area contributed by atoms with E-state index in [0.717, 1.165) is 17.4 Å². The number of para-hydroxylation sites is 1. The zero-order valence-electron chi connectivity index (χ0n) is 12.2. The topological polar surface area (TPSA) is 91.1 Å². The zero-order chi connectivity index (χ0) is 15.9. The van der Waals surface area contributed by atoms with Crippen molar-refractivity contribution in [3.05, 3.63) is 30.3 Å². The summed E-state index contributed by atoms with van der Waals surface area (Å²) in [5, 5.41) is 12.0. The number of thioether (sulfide) groups is 1. The molecule has 0 aliphatic carbocycles. The molecule has 0 saturated carbocycles. The van der Waals surface area contributed by atoms with Crippen LogP contribution in [-0.2, 0) is 9.59 Å². The highest BCUT2D eigenvalue weighted by Gasteiger charge is 2.25. The Kier molecular flexibility index (Phi) is 5.85. The van der Waals surface area contributed by atoms with Gasteiger partial charge in [-0.2, -0.15) is 4.99 Å². The van der Waals surface area contributed by atoms with Gasteiger partial charge in [0, 0.05) is 18.0 Å². The van der Waals surface area contributed by atoms with Crippen molar-refractivity contribution in [1.29, 1.82) is 0 Å². The molecule has 7 heteroatoms. The Labute approximate surface area is 132 Å². The number of rotatable bonds is 5. The molecular weight excluding hydrogens is 302 g/mol. The number of amidine groups is 1. The normalized spacial score (nSPS) is 17.7. The molecule has 1 aromatic carbocycles. The molecule has 2 N–H and O–H groups in total. The highest BCUT2D eigenvalue weighted by molar-refractivity contribution is 8.14. The van der Waals surface area contributed by atoms with Gasteiger partial charge in [-0.3, -0.25) is 9.59 Å². The van der Waals surface area contributed by atoms with Gasteiger partial charge in [-0.05, 0) is 25.5 Å². The molecule has 1 unspecified atom stereocenters. The lowest BCUT2D eigenvalue weighted by atomic mass is 9.99. The van der Waals surface area contributed by atoms with Gasteiger partial charge in [-0.15, -0.1) is 0 Å². The summed E-state index contributed by atoms with van der Waals surface area (Å²) in [6, 6.07) is 9.13. The molecule has 1 atom stereocenters. The van der Waals surface area contributed by atoms with E-state index in [0.29, 0.717) is 17.3 Å². The Morgan fingerprint density at radius 3 is 2.68 bits per heavy atom. The third-order valence-electron chi connectivity index (χ3n) is 3.09. The number of aliphatic imine (C=N–C) groups is 2. The maximum absolute atomic E-state index is 11.8. The van der Waals surface area contributed by atoms with Crippen LogP contribution in [-0.4, -0.2) is 40.2 Å². The van der Waals surface area contributed by atoms with E-state index in [2.05, 4.69) is 15.3 Å². The number of anilines is 1. The standard InChI is InChI=1S/C15H17N3O3S/c1-10-12(7-8-19)14(21)18-15(16-10)22-9-13(20)17-11-5-3-2-4-6-11/h2-6,12,19H,7-9H2,1H3,(H,17,20). The molecular formula is C15H17N3O3S. The summed E-state index contributed by atoms with van der Waals surface area (Å²) in [7, 11) is 0. The Bertz CT molecular complexity index is 614. The van der Waals surface area contributed by atoms with E-state index in [1.165, 1.54) is 0 Å². The molecule has 0 fully saturated rings. The lowest BCUT2D eigenvalue weighted by molar-refractivity contribution is -0.120. The van der Waals surface area contributed by atoms with Crippen LogP contribution in [0.4, 0.5) is 5.69 Å². The predicted octanol–water partition coefficient (Wildman–Crippen LogP) is 1.71. The van der Waals surface area contributed by atoms with E-state index in [4.69, 9.17) is 5.11 Å². The number of hydrogen-bond donors (Lipinski definition) is 2. The van der Waals surface area contributed by atoms with E-state index in [-0.39, 0.29) is 24.2 Å². The van der Waals surface area contributed by atoms with Gasteiger partial charge >= 0.3 is 0 Å². The number of carbonyl (C=O) groups is 2. The second-order valence-electron chi connectivity index (χ2n) is 4.75. The van der Waals surface area contributed by atoms with Gasteiger partial charge in [0.15, 0.2) is 5.17 Å². The first-order valence-corrected chi connectivity index (χ1v) is 7.85. The lowest BCUT2D eigenvalue weighted by Gasteiger charge is -2.16. The molecule has 0 radical (unpaired) electrons. The molecule has 0 saturated heterocycles. The summed E-state index contributed by atoms with van der Waals surface area (Å²) >= 11 is 1.12. The molecule has 2 rings (SSSR count). The van der Waals surface area contributed by atoms with E-state index in [1.54, 1.807) is 19.1 Å². The minimum Gasteiger partial charge on any atom is -0.396 e. The summed E-state index contributed by atoms with van der Waals surface area (Å²) in [5.41, 5.74) is 1.34. The Morgan fingerprint density at radius 2 is 2.05 bits per heavy atom. The van der Waals surface area contributed by atoms with Crippen molar-refractivity contribution in [2.24, 2.45) is 15.9 Å². The first-order valence-electron chi connectivity index (χ1n) is 6.86. The van der Waals surface area contributed by atoms with Gasteiger partial charge in [-0.1, -0.05) is 30.0 Å². The van der Waals surface area contributed by atoms with Crippen LogP contribution in [0.2, 0.25) is 0 Å². The van der Waals surface area contributed by atoms with Crippen LogP contribution < -0.4 is 5.32 Å². The molecule has 2 amide bonds. The number of aliphatic hydroxyl groups excluding tert-OH is 1. The van der Waals surface area contributed by atoms with Gasteiger partial charge in [0.05, 0.1) is 11.7 Å². The summed E-state index contributed by atoms with van der Waals surface area (Å²) in [6.07, 6.45) is 0.324. The fourth-order valence-corrected chi connectivity index (χ4v) is 2.67. The molecule has 0 bridgehead atoms. The van der Waals surface area contributed by atoms with E-state index in [1.807, 2.05) is 18.2 Å². The van der Waals surface area contributed by atoms with E-state index >= 15 is 0 Å². The summed E-state index contributed by atoms with van der Waals surface area (Å²) in [4.78, 5) is 31.8. The van der Waals surface area contributed by atoms with Crippen LogP contribution >= 0.6 is 11.8 Å². The molecule has 1 aliphatic rings. The highest BCUT2D eigenvalue weighted by Crippen LogP contribution is 2.18. The SMILES string of the molecule is CC1=NC(SCC(=O)Nc2ccccc2)=NC(=O)C1CCO. The van der Waals surface area contributed by atoms with Crippen LogP contribution in [0.1, 0.15) is 13.3 Å². The summed E-state index contributed by atoms with van der Waals surface area (Å²) < 4.78 is 0. The Hall–Kier alpha value is -1.99. The number of nitrogens with zero attached hydrogens (tertiary/aromatic N) is 2. The van der Waals surface area contributed by atoms with Crippen molar-refractivity contribution in [1.82, 2.24) is 0 Å². The van der Waals surface area contributed by atoms with Crippen LogP contribution in [0.25, 0.3) is 0 Å². The molecule has 116 valence electrons. The van der Waals surface area contributed by atoms with Gasteiger partial charge < -0.3 is 10.4 Å². The third kappa shape index (κ3) is 4.51. The van der Waals surface area contributed by atoms with Crippen LogP contribution in [0.3, 0.4) is 0 Å². The maximum Gasteiger partial charge on any atom is 0.257 e. The number of benzene rings is 1. The van der Waals surface area contributed by atoms with Crippen molar-refractivity contribution in [3.8, 4) is 0 Å². The van der Waals surface area contributed by atoms with Crippen molar-refractivity contribution in [3.63, 3.8) is 0 Å². The maximum atomic E-state index is 11.8. The van der Waals surface area contributed by atoms with Crippen LogP contribution in [0.5, 0.6) is 0 Å². The number of hydrogen-bond acceptors (Lipinski definition) is 5. The van der Waals surface area contributed by atoms with Gasteiger partial charge in [0.2, 0.25) is 5.91 Å². The van der Waals surface area contributed by atoms with Gasteiger partial charge in [0.1, 0.15) is 0 Å². The Morgan fingerprint density at radius 1 is 1.32 bits per heavy atom. The number of carbonyl (C=O) groups excluding carboxylic acids is 2. The minimum absolute atomic E-state index is 0.0826. The third-order valence-corrected chi connectivity index (χ3v) is 3.94. The second kappa shape index (κ2) is 7.86. The molecule has 6 nitrogen and oxygen atoms in total.